The van der Waals surface area contributed by atoms with E-state index in [-0.39, 0.29) is 18.9 Å². The summed E-state index contributed by atoms with van der Waals surface area (Å²) < 4.78 is 19.1. The maximum absolute atomic E-state index is 13.6. The quantitative estimate of drug-likeness (QED) is 0.739. The van der Waals surface area contributed by atoms with Crippen LogP contribution in [0.2, 0.25) is 0 Å². The minimum atomic E-state index is -0.731. The fraction of sp³-hybridized carbons (Fsp3) is 0.462. The molecule has 0 aliphatic carbocycles. The summed E-state index contributed by atoms with van der Waals surface area (Å²) in [4.78, 5) is 11.9. The van der Waals surface area contributed by atoms with Gasteiger partial charge in [0, 0.05) is 18.2 Å². The molecule has 5 nitrogen and oxygen atoms in total. The highest BCUT2D eigenvalue weighted by Gasteiger charge is 2.26. The van der Waals surface area contributed by atoms with Gasteiger partial charge < -0.3 is 20.5 Å². The summed E-state index contributed by atoms with van der Waals surface area (Å²) >= 11 is 3.17. The zero-order valence-corrected chi connectivity index (χ0v) is 13.0. The van der Waals surface area contributed by atoms with Crippen molar-refractivity contribution in [3.63, 3.8) is 0 Å². The first kappa shape index (κ1) is 16.9. The Labute approximate surface area is 125 Å². The van der Waals surface area contributed by atoms with Gasteiger partial charge in [0.15, 0.2) is 0 Å². The Balaban J connectivity index is 2.76. The summed E-state index contributed by atoms with van der Waals surface area (Å²) in [5, 5.41) is 14.1. The van der Waals surface area contributed by atoms with Crippen molar-refractivity contribution in [2.24, 2.45) is 0 Å². The first-order chi connectivity index (χ1) is 9.41. The van der Waals surface area contributed by atoms with Crippen LogP contribution in [0.25, 0.3) is 0 Å². The van der Waals surface area contributed by atoms with Crippen LogP contribution in [0.3, 0.4) is 0 Å². The molecule has 0 fully saturated rings. The van der Waals surface area contributed by atoms with Gasteiger partial charge in [0.25, 0.3) is 0 Å². The minimum absolute atomic E-state index is 0.0637. The molecule has 0 aliphatic rings. The molecule has 0 aliphatic heterocycles. The molecule has 112 valence electrons. The molecule has 0 saturated carbocycles. The van der Waals surface area contributed by atoms with Crippen molar-refractivity contribution < 1.29 is 19.0 Å². The highest BCUT2D eigenvalue weighted by atomic mass is 79.9. The van der Waals surface area contributed by atoms with Crippen LogP contribution in [0, 0.1) is 5.82 Å². The molecule has 1 atom stereocenters. The number of halogens is 2. The number of para-hydroxylation sites is 1. The van der Waals surface area contributed by atoms with Crippen LogP contribution < -0.4 is 10.6 Å². The smallest absolute Gasteiger partial charge is 0.319 e. The van der Waals surface area contributed by atoms with Gasteiger partial charge in [-0.3, -0.25) is 0 Å². The lowest BCUT2D eigenvalue weighted by atomic mass is 10.00. The lowest BCUT2D eigenvalue weighted by Crippen LogP contribution is -2.51. The van der Waals surface area contributed by atoms with Crippen molar-refractivity contribution >= 4 is 27.6 Å². The number of methoxy groups -OCH3 is 1. The van der Waals surface area contributed by atoms with E-state index < -0.39 is 17.4 Å². The second-order valence-corrected chi connectivity index (χ2v) is 5.50. The van der Waals surface area contributed by atoms with E-state index in [0.29, 0.717) is 10.9 Å². The maximum atomic E-state index is 13.6. The average molecular weight is 349 g/mol. The van der Waals surface area contributed by atoms with E-state index in [9.17, 15) is 9.18 Å². The number of hydrogen-bond donors (Lipinski definition) is 3. The molecule has 2 amide bonds. The summed E-state index contributed by atoms with van der Waals surface area (Å²) in [5.74, 6) is -0.537. The van der Waals surface area contributed by atoms with E-state index in [1.54, 1.807) is 13.0 Å². The molecule has 0 aromatic heterocycles. The number of anilines is 1. The predicted octanol–water partition coefficient (Wildman–Crippen LogP) is 2.50. The fourth-order valence-electron chi connectivity index (χ4n) is 1.77. The van der Waals surface area contributed by atoms with E-state index >= 15 is 0 Å². The van der Waals surface area contributed by atoms with Crippen molar-refractivity contribution in [1.82, 2.24) is 5.32 Å². The van der Waals surface area contributed by atoms with Crippen LogP contribution >= 0.6 is 15.9 Å². The van der Waals surface area contributed by atoms with Crippen LogP contribution in [-0.4, -0.2) is 37.0 Å². The summed E-state index contributed by atoms with van der Waals surface area (Å²) in [6.45, 7) is 1.88. The Hall–Kier alpha value is -1.18. The Morgan fingerprint density at radius 3 is 2.80 bits per heavy atom. The van der Waals surface area contributed by atoms with Crippen molar-refractivity contribution in [2.75, 3.05) is 25.6 Å². The number of nitrogens with one attached hydrogen (secondary N) is 2. The van der Waals surface area contributed by atoms with Gasteiger partial charge in [0.05, 0.1) is 17.8 Å². The summed E-state index contributed by atoms with van der Waals surface area (Å²) in [6, 6.07) is 3.84. The summed E-state index contributed by atoms with van der Waals surface area (Å²) in [5.41, 5.74) is -0.667. The van der Waals surface area contributed by atoms with E-state index in [2.05, 4.69) is 26.6 Å². The molecular formula is C13H18BrFN2O3. The molecule has 3 N–H and O–H groups in total. The van der Waals surface area contributed by atoms with Gasteiger partial charge in [-0.05, 0) is 41.4 Å². The second kappa shape index (κ2) is 7.56. The van der Waals surface area contributed by atoms with Gasteiger partial charge in [-0.1, -0.05) is 6.07 Å². The highest BCUT2D eigenvalue weighted by Crippen LogP contribution is 2.25. The number of hydrogen-bond acceptors (Lipinski definition) is 3. The standard InChI is InChI=1S/C13H18BrFN2O3/c1-13(6-7-18,8-20-2)17-12(19)16-11-9(14)4-3-5-10(11)15/h3-5,18H,6-8H2,1-2H3,(H2,16,17,19)/t13-/m1/s1. The first-order valence-corrected chi connectivity index (χ1v) is 6.84. The monoisotopic (exact) mass is 348 g/mol. The Bertz CT molecular complexity index is 445. The molecule has 7 heteroatoms. The number of carbonyl (C=O) groups excluding carboxylic acids is 1. The third kappa shape index (κ3) is 4.73. The van der Waals surface area contributed by atoms with E-state index in [0.717, 1.165) is 0 Å². The SMILES string of the molecule is COC[C@@](C)(CCO)NC(=O)Nc1c(F)cccc1Br. The third-order valence-electron chi connectivity index (χ3n) is 2.74. The predicted molar refractivity (Wildman–Crippen MR) is 78.2 cm³/mol. The maximum Gasteiger partial charge on any atom is 0.319 e. The Kier molecular flexibility index (Phi) is 6.38. The molecular weight excluding hydrogens is 331 g/mol. The molecule has 0 unspecified atom stereocenters. The number of aliphatic hydroxyl groups excluding tert-OH is 1. The Morgan fingerprint density at radius 2 is 2.25 bits per heavy atom. The minimum Gasteiger partial charge on any atom is -0.396 e. The molecule has 0 heterocycles. The van der Waals surface area contributed by atoms with E-state index in [1.165, 1.54) is 19.2 Å². The van der Waals surface area contributed by atoms with Crippen LogP contribution in [0.15, 0.2) is 22.7 Å². The van der Waals surface area contributed by atoms with Crippen LogP contribution in [0.1, 0.15) is 13.3 Å². The van der Waals surface area contributed by atoms with Gasteiger partial charge >= 0.3 is 6.03 Å². The first-order valence-electron chi connectivity index (χ1n) is 6.05. The van der Waals surface area contributed by atoms with Crippen molar-refractivity contribution in [1.29, 1.82) is 0 Å². The zero-order valence-electron chi connectivity index (χ0n) is 11.4. The van der Waals surface area contributed by atoms with Crippen molar-refractivity contribution in [3.8, 4) is 0 Å². The number of rotatable bonds is 6. The number of carbonyl (C=O) groups is 1. The second-order valence-electron chi connectivity index (χ2n) is 4.64. The number of ether oxygens (including phenoxy) is 1. The number of amides is 2. The molecule has 1 aromatic carbocycles. The number of benzene rings is 1. The number of aliphatic hydroxyl groups is 1. The average Bonchev–Trinajstić information content (AvgIpc) is 2.34. The van der Waals surface area contributed by atoms with Gasteiger partial charge in [-0.25, -0.2) is 9.18 Å². The molecule has 0 saturated heterocycles. The highest BCUT2D eigenvalue weighted by molar-refractivity contribution is 9.10. The largest absolute Gasteiger partial charge is 0.396 e. The summed E-state index contributed by atoms with van der Waals surface area (Å²) in [7, 11) is 1.50. The zero-order chi connectivity index (χ0) is 15.2. The van der Waals surface area contributed by atoms with Crippen LogP contribution in [0.4, 0.5) is 14.9 Å². The molecule has 20 heavy (non-hydrogen) atoms. The van der Waals surface area contributed by atoms with Crippen LogP contribution in [-0.2, 0) is 4.74 Å². The lowest BCUT2D eigenvalue weighted by molar-refractivity contribution is 0.104. The molecule has 0 bridgehead atoms. The number of urea groups is 1. The van der Waals surface area contributed by atoms with Crippen LogP contribution in [0.5, 0.6) is 0 Å². The normalized spacial score (nSPS) is 13.7. The van der Waals surface area contributed by atoms with E-state index in [4.69, 9.17) is 9.84 Å². The molecule has 0 radical (unpaired) electrons. The molecule has 1 rings (SSSR count). The third-order valence-corrected chi connectivity index (χ3v) is 3.40. The van der Waals surface area contributed by atoms with Crippen molar-refractivity contribution in [3.05, 3.63) is 28.5 Å². The van der Waals surface area contributed by atoms with E-state index in [1.807, 2.05) is 0 Å². The van der Waals surface area contributed by atoms with Gasteiger partial charge in [-0.2, -0.15) is 0 Å². The molecule has 0 spiro atoms. The Morgan fingerprint density at radius 1 is 1.55 bits per heavy atom. The van der Waals surface area contributed by atoms with Crippen molar-refractivity contribution in [2.45, 2.75) is 18.9 Å². The van der Waals surface area contributed by atoms with Gasteiger partial charge in [0.1, 0.15) is 5.82 Å². The van der Waals surface area contributed by atoms with Gasteiger partial charge in [-0.15, -0.1) is 0 Å². The van der Waals surface area contributed by atoms with Gasteiger partial charge in [0.2, 0.25) is 0 Å². The molecule has 1 aromatic rings. The summed E-state index contributed by atoms with van der Waals surface area (Å²) in [6.07, 6.45) is 0.326. The lowest BCUT2D eigenvalue weighted by Gasteiger charge is -2.29. The topological polar surface area (TPSA) is 70.6 Å². The fourth-order valence-corrected chi connectivity index (χ4v) is 2.21.